The van der Waals surface area contributed by atoms with Crippen molar-refractivity contribution in [3.63, 3.8) is 0 Å². The number of phenolic OH excluding ortho intramolecular Hbond substituents is 1. The van der Waals surface area contributed by atoms with Crippen LogP contribution in [0.15, 0.2) is 30.3 Å². The molecule has 0 heterocycles. The molecule has 0 saturated heterocycles. The molecule has 100 valence electrons. The fourth-order valence-corrected chi connectivity index (χ4v) is 2.11. The Labute approximate surface area is 112 Å². The Bertz CT molecular complexity index is 585. The summed E-state index contributed by atoms with van der Waals surface area (Å²) in [5, 5.41) is 12.8. The van der Waals surface area contributed by atoms with Gasteiger partial charge in [0.05, 0.1) is 5.69 Å². The fourth-order valence-electron chi connectivity index (χ4n) is 2.11. The van der Waals surface area contributed by atoms with E-state index in [9.17, 15) is 9.50 Å². The van der Waals surface area contributed by atoms with Gasteiger partial charge in [-0.25, -0.2) is 4.39 Å². The van der Waals surface area contributed by atoms with E-state index >= 15 is 0 Å². The van der Waals surface area contributed by atoms with Crippen LogP contribution in [0.4, 0.5) is 10.1 Å². The number of nitrogens with one attached hydrogen (secondary N) is 1. The van der Waals surface area contributed by atoms with Crippen LogP contribution in [0.5, 0.6) is 5.75 Å². The van der Waals surface area contributed by atoms with Crippen LogP contribution in [0.2, 0.25) is 0 Å². The zero-order valence-corrected chi connectivity index (χ0v) is 11.4. The molecule has 0 atom stereocenters. The maximum absolute atomic E-state index is 13.7. The summed E-state index contributed by atoms with van der Waals surface area (Å²) in [6, 6.07) is 8.93. The molecule has 0 bridgehead atoms. The van der Waals surface area contributed by atoms with E-state index in [2.05, 4.69) is 5.32 Å². The van der Waals surface area contributed by atoms with Crippen LogP contribution in [0.25, 0.3) is 0 Å². The summed E-state index contributed by atoms with van der Waals surface area (Å²) >= 11 is 0. The van der Waals surface area contributed by atoms with Crippen LogP contribution < -0.4 is 5.32 Å². The number of halogens is 1. The molecule has 0 fully saturated rings. The first-order valence-electron chi connectivity index (χ1n) is 6.26. The quantitative estimate of drug-likeness (QED) is 0.871. The molecule has 0 radical (unpaired) electrons. The Morgan fingerprint density at radius 2 is 1.68 bits per heavy atom. The standard InChI is InChI=1S/C16H18FNO/c1-10-4-5-15(14(17)6-10)18-9-13-7-11(2)16(19)12(3)8-13/h4-8,18-19H,9H2,1-3H3. The van der Waals surface area contributed by atoms with Gasteiger partial charge in [0.15, 0.2) is 0 Å². The molecule has 0 aliphatic carbocycles. The van der Waals surface area contributed by atoms with Gasteiger partial charge in [-0.15, -0.1) is 0 Å². The summed E-state index contributed by atoms with van der Waals surface area (Å²) in [6.45, 7) is 6.11. The number of rotatable bonds is 3. The summed E-state index contributed by atoms with van der Waals surface area (Å²) < 4.78 is 13.7. The van der Waals surface area contributed by atoms with Crippen molar-refractivity contribution in [3.8, 4) is 5.75 Å². The second-order valence-corrected chi connectivity index (χ2v) is 4.92. The minimum Gasteiger partial charge on any atom is -0.507 e. The van der Waals surface area contributed by atoms with Gasteiger partial charge in [-0.2, -0.15) is 0 Å². The second kappa shape index (κ2) is 5.31. The van der Waals surface area contributed by atoms with Crippen molar-refractivity contribution in [3.05, 3.63) is 58.4 Å². The highest BCUT2D eigenvalue weighted by Gasteiger charge is 2.05. The maximum atomic E-state index is 13.7. The molecular weight excluding hydrogens is 241 g/mol. The molecule has 2 aromatic rings. The Morgan fingerprint density at radius 3 is 2.26 bits per heavy atom. The zero-order valence-electron chi connectivity index (χ0n) is 11.4. The third-order valence-corrected chi connectivity index (χ3v) is 3.16. The van der Waals surface area contributed by atoms with E-state index in [1.165, 1.54) is 6.07 Å². The third kappa shape index (κ3) is 3.05. The molecule has 0 unspecified atom stereocenters. The Balaban J connectivity index is 2.14. The number of phenols is 1. The van der Waals surface area contributed by atoms with Gasteiger partial charge in [0.25, 0.3) is 0 Å². The molecule has 19 heavy (non-hydrogen) atoms. The van der Waals surface area contributed by atoms with Gasteiger partial charge in [-0.1, -0.05) is 18.2 Å². The minimum atomic E-state index is -0.243. The van der Waals surface area contributed by atoms with Crippen molar-refractivity contribution in [2.45, 2.75) is 27.3 Å². The molecule has 2 aromatic carbocycles. The number of anilines is 1. The van der Waals surface area contributed by atoms with Crippen molar-refractivity contribution >= 4 is 5.69 Å². The first kappa shape index (κ1) is 13.4. The smallest absolute Gasteiger partial charge is 0.146 e. The fraction of sp³-hybridized carbons (Fsp3) is 0.250. The van der Waals surface area contributed by atoms with Gasteiger partial charge in [0.1, 0.15) is 11.6 Å². The van der Waals surface area contributed by atoms with Crippen molar-refractivity contribution < 1.29 is 9.50 Å². The van der Waals surface area contributed by atoms with Gasteiger partial charge < -0.3 is 10.4 Å². The van der Waals surface area contributed by atoms with Crippen LogP contribution in [0, 0.1) is 26.6 Å². The van der Waals surface area contributed by atoms with Gasteiger partial charge in [-0.05, 0) is 55.2 Å². The molecule has 3 heteroatoms. The summed E-state index contributed by atoms with van der Waals surface area (Å²) in [5.41, 5.74) is 4.09. The van der Waals surface area contributed by atoms with E-state index in [1.54, 1.807) is 6.07 Å². The van der Waals surface area contributed by atoms with Crippen molar-refractivity contribution in [1.29, 1.82) is 0 Å². The van der Waals surface area contributed by atoms with E-state index in [1.807, 2.05) is 39.0 Å². The molecular formula is C16H18FNO. The summed E-state index contributed by atoms with van der Waals surface area (Å²) in [6.07, 6.45) is 0. The number of hydrogen-bond acceptors (Lipinski definition) is 2. The van der Waals surface area contributed by atoms with Crippen molar-refractivity contribution in [2.24, 2.45) is 0 Å². The molecule has 0 saturated carbocycles. The topological polar surface area (TPSA) is 32.3 Å². The lowest BCUT2D eigenvalue weighted by molar-refractivity contribution is 0.466. The van der Waals surface area contributed by atoms with Crippen LogP contribution >= 0.6 is 0 Å². The third-order valence-electron chi connectivity index (χ3n) is 3.16. The van der Waals surface area contributed by atoms with Crippen molar-refractivity contribution in [1.82, 2.24) is 0 Å². The van der Waals surface area contributed by atoms with E-state index in [4.69, 9.17) is 0 Å². The molecule has 0 spiro atoms. The summed E-state index contributed by atoms with van der Waals surface area (Å²) in [5.74, 6) is 0.0810. The Kier molecular flexibility index (Phi) is 3.74. The van der Waals surface area contributed by atoms with Gasteiger partial charge in [0, 0.05) is 6.54 Å². The largest absolute Gasteiger partial charge is 0.507 e. The van der Waals surface area contributed by atoms with Crippen molar-refractivity contribution in [2.75, 3.05) is 5.32 Å². The number of benzene rings is 2. The van der Waals surface area contributed by atoms with E-state index in [0.29, 0.717) is 18.0 Å². The Hall–Kier alpha value is -2.03. The van der Waals surface area contributed by atoms with Gasteiger partial charge in [-0.3, -0.25) is 0 Å². The monoisotopic (exact) mass is 259 g/mol. The lowest BCUT2D eigenvalue weighted by atomic mass is 10.1. The predicted octanol–water partition coefficient (Wildman–Crippen LogP) is 4.07. The average molecular weight is 259 g/mol. The first-order chi connectivity index (χ1) is 8.97. The Morgan fingerprint density at radius 1 is 1.05 bits per heavy atom. The highest BCUT2D eigenvalue weighted by Crippen LogP contribution is 2.24. The lowest BCUT2D eigenvalue weighted by Crippen LogP contribution is -2.02. The molecule has 0 aliphatic heterocycles. The number of aromatic hydroxyl groups is 1. The van der Waals surface area contributed by atoms with Crippen LogP contribution in [-0.4, -0.2) is 5.11 Å². The van der Waals surface area contributed by atoms with E-state index < -0.39 is 0 Å². The average Bonchev–Trinajstić information content (AvgIpc) is 2.34. The van der Waals surface area contributed by atoms with Gasteiger partial charge in [0.2, 0.25) is 0 Å². The number of aryl methyl sites for hydroxylation is 3. The van der Waals surface area contributed by atoms with Crippen LogP contribution in [0.1, 0.15) is 22.3 Å². The molecule has 2 rings (SSSR count). The number of hydrogen-bond donors (Lipinski definition) is 2. The van der Waals surface area contributed by atoms with Crippen LogP contribution in [0.3, 0.4) is 0 Å². The summed E-state index contributed by atoms with van der Waals surface area (Å²) in [7, 11) is 0. The molecule has 0 aromatic heterocycles. The van der Waals surface area contributed by atoms with E-state index in [-0.39, 0.29) is 5.82 Å². The first-order valence-corrected chi connectivity index (χ1v) is 6.26. The molecule has 0 amide bonds. The molecule has 2 nitrogen and oxygen atoms in total. The van der Waals surface area contributed by atoms with E-state index in [0.717, 1.165) is 22.3 Å². The highest BCUT2D eigenvalue weighted by molar-refractivity contribution is 5.48. The minimum absolute atomic E-state index is 0.243. The second-order valence-electron chi connectivity index (χ2n) is 4.92. The maximum Gasteiger partial charge on any atom is 0.146 e. The SMILES string of the molecule is Cc1ccc(NCc2cc(C)c(O)c(C)c2)c(F)c1. The predicted molar refractivity (Wildman–Crippen MR) is 76.0 cm³/mol. The molecule has 0 aliphatic rings. The highest BCUT2D eigenvalue weighted by atomic mass is 19.1. The summed E-state index contributed by atoms with van der Waals surface area (Å²) in [4.78, 5) is 0. The molecule has 2 N–H and O–H groups in total. The van der Waals surface area contributed by atoms with Crippen LogP contribution in [-0.2, 0) is 6.54 Å². The zero-order chi connectivity index (χ0) is 14.0. The normalized spacial score (nSPS) is 10.5. The lowest BCUT2D eigenvalue weighted by Gasteiger charge is -2.11. The van der Waals surface area contributed by atoms with Gasteiger partial charge >= 0.3 is 0 Å².